The molecule has 1 saturated heterocycles. The van der Waals surface area contributed by atoms with E-state index in [9.17, 15) is 4.79 Å². The molecule has 162 valence electrons. The average molecular weight is 430 g/mol. The molecule has 30 heavy (non-hydrogen) atoms. The van der Waals surface area contributed by atoms with Gasteiger partial charge in [-0.3, -0.25) is 14.7 Å². The number of aliphatic imine (C=N–C) groups is 1. The van der Waals surface area contributed by atoms with Crippen LogP contribution in [0.4, 0.5) is 0 Å². The lowest BCUT2D eigenvalue weighted by Gasteiger charge is -2.27. The Bertz CT molecular complexity index is 801. The van der Waals surface area contributed by atoms with Crippen molar-refractivity contribution in [3.05, 3.63) is 52.2 Å². The van der Waals surface area contributed by atoms with E-state index in [2.05, 4.69) is 43.4 Å². The number of guanidine groups is 1. The maximum Gasteiger partial charge on any atom is 0.239 e. The molecular formula is C22H31N5O2S. The van der Waals surface area contributed by atoms with E-state index < -0.39 is 0 Å². The van der Waals surface area contributed by atoms with Crippen LogP contribution in [0.2, 0.25) is 0 Å². The Hall–Kier alpha value is -2.58. The molecule has 7 nitrogen and oxygen atoms in total. The van der Waals surface area contributed by atoms with Crippen LogP contribution in [0, 0.1) is 0 Å². The van der Waals surface area contributed by atoms with Crippen LogP contribution in [0.3, 0.4) is 0 Å². The quantitative estimate of drug-likeness (QED) is 0.421. The van der Waals surface area contributed by atoms with E-state index in [1.165, 1.54) is 17.7 Å². The van der Waals surface area contributed by atoms with Crippen molar-refractivity contribution in [1.29, 1.82) is 0 Å². The Morgan fingerprint density at radius 1 is 1.17 bits per heavy atom. The Labute approximate surface area is 182 Å². The third kappa shape index (κ3) is 6.47. The summed E-state index contributed by atoms with van der Waals surface area (Å²) in [6.45, 7) is 3.66. The summed E-state index contributed by atoms with van der Waals surface area (Å²) in [4.78, 5) is 20.3. The van der Waals surface area contributed by atoms with Crippen LogP contribution in [0.5, 0.6) is 5.75 Å². The number of thiophene rings is 1. The van der Waals surface area contributed by atoms with E-state index in [-0.39, 0.29) is 12.5 Å². The van der Waals surface area contributed by atoms with Crippen molar-refractivity contribution in [3.8, 4) is 5.75 Å². The van der Waals surface area contributed by atoms with Gasteiger partial charge in [-0.15, -0.1) is 11.3 Å². The van der Waals surface area contributed by atoms with Crippen LogP contribution in [0.1, 0.15) is 29.3 Å². The van der Waals surface area contributed by atoms with Gasteiger partial charge >= 0.3 is 0 Å². The molecule has 0 aliphatic carbocycles. The monoisotopic (exact) mass is 429 g/mol. The molecule has 3 rings (SSSR count). The largest absolute Gasteiger partial charge is 0.497 e. The molecule has 1 atom stereocenters. The van der Waals surface area contributed by atoms with Gasteiger partial charge in [-0.2, -0.15) is 0 Å². The highest BCUT2D eigenvalue weighted by atomic mass is 32.1. The number of hydrogen-bond acceptors (Lipinski definition) is 5. The molecule has 0 bridgehead atoms. The summed E-state index contributed by atoms with van der Waals surface area (Å²) >= 11 is 1.79. The SMILES string of the molecule is CN=C(NCC(=O)NCc1ccc(OC)cc1)NCC(c1cccs1)N1CCCC1. The topological polar surface area (TPSA) is 78.0 Å². The third-order valence-corrected chi connectivity index (χ3v) is 6.18. The minimum Gasteiger partial charge on any atom is -0.497 e. The Morgan fingerprint density at radius 3 is 2.57 bits per heavy atom. The van der Waals surface area contributed by atoms with Crippen LogP contribution in [-0.2, 0) is 11.3 Å². The maximum absolute atomic E-state index is 12.2. The molecule has 3 N–H and O–H groups in total. The molecule has 1 fully saturated rings. The van der Waals surface area contributed by atoms with Gasteiger partial charge in [-0.1, -0.05) is 18.2 Å². The highest BCUT2D eigenvalue weighted by molar-refractivity contribution is 7.10. The van der Waals surface area contributed by atoms with Crippen molar-refractivity contribution in [1.82, 2.24) is 20.9 Å². The number of amides is 1. The standard InChI is InChI=1S/C22H31N5O2S/c1-23-22(25-15-19(20-6-5-13-30-20)27-11-3-4-12-27)26-16-21(28)24-14-17-7-9-18(29-2)10-8-17/h5-10,13,19H,3-4,11-12,14-16H2,1-2H3,(H,24,28)(H2,23,25,26). The summed E-state index contributed by atoms with van der Waals surface area (Å²) in [5.74, 6) is 1.36. The first-order chi connectivity index (χ1) is 14.7. The van der Waals surface area contributed by atoms with Crippen LogP contribution >= 0.6 is 11.3 Å². The molecule has 0 saturated carbocycles. The molecule has 1 aromatic heterocycles. The highest BCUT2D eigenvalue weighted by Crippen LogP contribution is 2.27. The molecule has 1 amide bonds. The van der Waals surface area contributed by atoms with Gasteiger partial charge in [0.1, 0.15) is 5.75 Å². The second-order valence-electron chi connectivity index (χ2n) is 7.21. The van der Waals surface area contributed by atoms with Crippen molar-refractivity contribution >= 4 is 23.2 Å². The summed E-state index contributed by atoms with van der Waals surface area (Å²) in [6.07, 6.45) is 2.51. The van der Waals surface area contributed by atoms with Crippen molar-refractivity contribution < 1.29 is 9.53 Å². The van der Waals surface area contributed by atoms with Crippen molar-refractivity contribution in [2.24, 2.45) is 4.99 Å². The second-order valence-corrected chi connectivity index (χ2v) is 8.19. The van der Waals surface area contributed by atoms with Crippen molar-refractivity contribution in [3.63, 3.8) is 0 Å². The number of likely N-dealkylation sites (tertiary alicyclic amines) is 1. The Kier molecular flexibility index (Phi) is 8.53. The summed E-state index contributed by atoms with van der Waals surface area (Å²) in [5, 5.41) is 11.5. The number of ether oxygens (including phenoxy) is 1. The average Bonchev–Trinajstić information content (AvgIpc) is 3.50. The lowest BCUT2D eigenvalue weighted by molar-refractivity contribution is -0.120. The number of carbonyl (C=O) groups excluding carboxylic acids is 1. The van der Waals surface area contributed by atoms with Gasteiger partial charge in [0.2, 0.25) is 5.91 Å². The number of rotatable bonds is 9. The second kappa shape index (κ2) is 11.6. The molecule has 0 radical (unpaired) electrons. The molecule has 8 heteroatoms. The van der Waals surface area contributed by atoms with E-state index >= 15 is 0 Å². The summed E-state index contributed by atoms with van der Waals surface area (Å²) < 4.78 is 5.15. The van der Waals surface area contributed by atoms with E-state index in [0.717, 1.165) is 30.9 Å². The first-order valence-corrected chi connectivity index (χ1v) is 11.2. The van der Waals surface area contributed by atoms with E-state index in [1.54, 1.807) is 25.5 Å². The third-order valence-electron chi connectivity index (χ3n) is 5.20. The van der Waals surface area contributed by atoms with Crippen LogP contribution < -0.4 is 20.7 Å². The smallest absolute Gasteiger partial charge is 0.239 e. The number of benzene rings is 1. The lowest BCUT2D eigenvalue weighted by atomic mass is 10.2. The number of nitrogens with one attached hydrogen (secondary N) is 3. The van der Waals surface area contributed by atoms with Crippen LogP contribution in [0.15, 0.2) is 46.8 Å². The van der Waals surface area contributed by atoms with E-state index in [1.807, 2.05) is 24.3 Å². The molecule has 2 aromatic rings. The zero-order valence-electron chi connectivity index (χ0n) is 17.7. The fraction of sp³-hybridized carbons (Fsp3) is 0.455. The summed E-state index contributed by atoms with van der Waals surface area (Å²) in [5.41, 5.74) is 1.02. The zero-order chi connectivity index (χ0) is 21.2. The van der Waals surface area contributed by atoms with Crippen LogP contribution in [-0.4, -0.2) is 57.1 Å². The lowest BCUT2D eigenvalue weighted by Crippen LogP contribution is -2.45. The zero-order valence-corrected chi connectivity index (χ0v) is 18.5. The number of methoxy groups -OCH3 is 1. The summed E-state index contributed by atoms with van der Waals surface area (Å²) in [7, 11) is 3.36. The highest BCUT2D eigenvalue weighted by Gasteiger charge is 2.24. The minimum atomic E-state index is -0.0804. The van der Waals surface area contributed by atoms with Gasteiger partial charge in [0, 0.05) is 25.0 Å². The molecule has 1 unspecified atom stereocenters. The fourth-order valence-electron chi connectivity index (χ4n) is 3.53. The van der Waals surface area contributed by atoms with Gasteiger partial charge < -0.3 is 20.7 Å². The molecule has 1 aliphatic heterocycles. The minimum absolute atomic E-state index is 0.0804. The van der Waals surface area contributed by atoms with Crippen LogP contribution in [0.25, 0.3) is 0 Å². The first-order valence-electron chi connectivity index (χ1n) is 10.3. The summed E-state index contributed by atoms with van der Waals surface area (Å²) in [6, 6.07) is 12.3. The molecule has 2 heterocycles. The van der Waals surface area contributed by atoms with E-state index in [4.69, 9.17) is 4.74 Å². The molecule has 1 aromatic carbocycles. The van der Waals surface area contributed by atoms with Gasteiger partial charge in [-0.05, 0) is 55.1 Å². The first kappa shape index (κ1) is 22.1. The number of carbonyl (C=O) groups is 1. The predicted molar refractivity (Wildman–Crippen MR) is 122 cm³/mol. The van der Waals surface area contributed by atoms with Gasteiger partial charge in [0.05, 0.1) is 19.7 Å². The number of hydrogen-bond donors (Lipinski definition) is 3. The fourth-order valence-corrected chi connectivity index (χ4v) is 4.39. The molecule has 0 spiro atoms. The number of nitrogens with zero attached hydrogens (tertiary/aromatic N) is 2. The predicted octanol–water partition coefficient (Wildman–Crippen LogP) is 2.38. The van der Waals surface area contributed by atoms with Crippen molar-refractivity contribution in [2.45, 2.75) is 25.4 Å². The van der Waals surface area contributed by atoms with E-state index in [0.29, 0.717) is 18.5 Å². The maximum atomic E-state index is 12.2. The normalized spacial score (nSPS) is 15.6. The molecular weight excluding hydrogens is 398 g/mol. The Morgan fingerprint density at radius 2 is 1.93 bits per heavy atom. The van der Waals surface area contributed by atoms with Gasteiger partial charge in [-0.25, -0.2) is 0 Å². The molecule has 1 aliphatic rings. The van der Waals surface area contributed by atoms with Gasteiger partial charge in [0.15, 0.2) is 5.96 Å². The van der Waals surface area contributed by atoms with Crippen molar-refractivity contribution in [2.75, 3.05) is 40.3 Å². The Balaban J connectivity index is 1.43. The van der Waals surface area contributed by atoms with Gasteiger partial charge in [0.25, 0.3) is 0 Å².